The number of nitrogens with zero attached hydrogens (tertiary/aromatic N) is 2. The third-order valence-corrected chi connectivity index (χ3v) is 4.01. The monoisotopic (exact) mass is 283 g/mol. The summed E-state index contributed by atoms with van der Waals surface area (Å²) in [6.45, 7) is 4.74. The van der Waals surface area contributed by atoms with Gasteiger partial charge in [-0.3, -0.25) is 0 Å². The number of nitrogens with one attached hydrogen (secondary N) is 1. The molecular weight excluding hydrogens is 270 g/mol. The van der Waals surface area contributed by atoms with Gasteiger partial charge in [0.05, 0.1) is 29.9 Å². The zero-order valence-electron chi connectivity index (χ0n) is 10.1. The molecule has 0 atom stereocenters. The van der Waals surface area contributed by atoms with Crippen LogP contribution in [-0.2, 0) is 11.3 Å². The van der Waals surface area contributed by atoms with Crippen LogP contribution in [-0.4, -0.2) is 22.5 Å². The molecule has 0 unspecified atom stereocenters. The second-order valence-electron chi connectivity index (χ2n) is 3.47. The predicted molar refractivity (Wildman–Crippen MR) is 72.2 cm³/mol. The fraction of sp³-hybridized carbons (Fsp3) is 0.364. The molecular formula is C11H13N3O2S2. The van der Waals surface area contributed by atoms with Crippen molar-refractivity contribution >= 4 is 33.6 Å². The van der Waals surface area contributed by atoms with E-state index in [2.05, 4.69) is 15.3 Å². The molecule has 0 saturated heterocycles. The Balaban J connectivity index is 2.04. The third-order valence-electron chi connectivity index (χ3n) is 2.29. The van der Waals surface area contributed by atoms with Crippen LogP contribution in [0.4, 0.5) is 5.00 Å². The van der Waals surface area contributed by atoms with Gasteiger partial charge in [0.15, 0.2) is 5.69 Å². The van der Waals surface area contributed by atoms with Crippen LogP contribution in [0.3, 0.4) is 0 Å². The Labute approximate surface area is 113 Å². The lowest BCUT2D eigenvalue weighted by atomic mass is 10.4. The fourth-order valence-corrected chi connectivity index (χ4v) is 2.76. The molecule has 0 fully saturated rings. The maximum absolute atomic E-state index is 11.6. The average Bonchev–Trinajstić information content (AvgIpc) is 2.95. The molecule has 0 aliphatic carbocycles. The minimum atomic E-state index is -0.387. The Bertz CT molecular complexity index is 536. The van der Waals surface area contributed by atoms with Gasteiger partial charge in [0.1, 0.15) is 5.00 Å². The van der Waals surface area contributed by atoms with Crippen LogP contribution in [0.25, 0.3) is 0 Å². The third kappa shape index (κ3) is 2.85. The highest BCUT2D eigenvalue weighted by Crippen LogP contribution is 2.23. The topological polar surface area (TPSA) is 64.1 Å². The zero-order chi connectivity index (χ0) is 13.0. The van der Waals surface area contributed by atoms with Crippen molar-refractivity contribution in [1.82, 2.24) is 9.97 Å². The van der Waals surface area contributed by atoms with Crippen molar-refractivity contribution in [2.75, 3.05) is 11.9 Å². The number of rotatable bonds is 5. The molecule has 0 aliphatic heterocycles. The molecule has 2 heterocycles. The van der Waals surface area contributed by atoms with Gasteiger partial charge in [0.2, 0.25) is 0 Å². The molecule has 2 rings (SSSR count). The standard InChI is InChI=1S/C11H13N3O2S2/c1-3-16-11(15)9-10(18-6-14-9)12-4-8-7(2)13-5-17-8/h5-6,12H,3-4H2,1-2H3. The first-order valence-corrected chi connectivity index (χ1v) is 7.21. The van der Waals surface area contributed by atoms with E-state index in [1.54, 1.807) is 23.8 Å². The molecule has 0 amide bonds. The largest absolute Gasteiger partial charge is 0.461 e. The van der Waals surface area contributed by atoms with E-state index < -0.39 is 0 Å². The number of aryl methyl sites for hydroxylation is 1. The quantitative estimate of drug-likeness (QED) is 0.855. The summed E-state index contributed by atoms with van der Waals surface area (Å²) >= 11 is 2.98. The Morgan fingerprint density at radius 3 is 2.83 bits per heavy atom. The van der Waals surface area contributed by atoms with E-state index in [4.69, 9.17) is 4.74 Å². The SMILES string of the molecule is CCOC(=O)c1ncsc1NCc1scnc1C. The lowest BCUT2D eigenvalue weighted by molar-refractivity contribution is 0.0521. The summed E-state index contributed by atoms with van der Waals surface area (Å²) in [6, 6.07) is 0. The normalized spacial score (nSPS) is 10.3. The lowest BCUT2D eigenvalue weighted by Gasteiger charge is -2.05. The molecule has 2 aromatic heterocycles. The molecule has 7 heteroatoms. The van der Waals surface area contributed by atoms with E-state index in [9.17, 15) is 4.79 Å². The van der Waals surface area contributed by atoms with Crippen LogP contribution in [0.2, 0.25) is 0 Å². The highest BCUT2D eigenvalue weighted by atomic mass is 32.1. The van der Waals surface area contributed by atoms with Crippen molar-refractivity contribution in [2.45, 2.75) is 20.4 Å². The molecule has 0 radical (unpaired) electrons. The van der Waals surface area contributed by atoms with Crippen molar-refractivity contribution < 1.29 is 9.53 Å². The highest BCUT2D eigenvalue weighted by Gasteiger charge is 2.16. The first-order chi connectivity index (χ1) is 8.72. The molecule has 1 N–H and O–H groups in total. The van der Waals surface area contributed by atoms with Gasteiger partial charge in [-0.15, -0.1) is 22.7 Å². The van der Waals surface area contributed by atoms with Crippen LogP contribution in [0.15, 0.2) is 11.0 Å². The van der Waals surface area contributed by atoms with Crippen molar-refractivity contribution in [3.8, 4) is 0 Å². The van der Waals surface area contributed by atoms with Gasteiger partial charge in [-0.05, 0) is 13.8 Å². The van der Waals surface area contributed by atoms with E-state index in [0.717, 1.165) is 15.6 Å². The van der Waals surface area contributed by atoms with E-state index in [1.165, 1.54) is 11.3 Å². The molecule has 5 nitrogen and oxygen atoms in total. The summed E-state index contributed by atoms with van der Waals surface area (Å²) in [5.41, 5.74) is 4.80. The van der Waals surface area contributed by atoms with Gasteiger partial charge in [-0.1, -0.05) is 0 Å². The van der Waals surface area contributed by atoms with E-state index in [-0.39, 0.29) is 5.97 Å². The molecule has 0 spiro atoms. The smallest absolute Gasteiger partial charge is 0.360 e. The Morgan fingerprint density at radius 1 is 1.39 bits per heavy atom. The van der Waals surface area contributed by atoms with Crippen LogP contribution in [0.1, 0.15) is 28.0 Å². The number of hydrogen-bond acceptors (Lipinski definition) is 7. The molecule has 0 saturated carbocycles. The molecule has 0 bridgehead atoms. The number of carbonyl (C=O) groups excluding carboxylic acids is 1. The minimum Gasteiger partial charge on any atom is -0.461 e. The predicted octanol–water partition coefficient (Wildman–Crippen LogP) is 2.70. The number of ether oxygens (including phenoxy) is 1. The number of carbonyl (C=O) groups is 1. The lowest BCUT2D eigenvalue weighted by Crippen LogP contribution is -2.08. The maximum Gasteiger partial charge on any atom is 0.360 e. The molecule has 18 heavy (non-hydrogen) atoms. The molecule has 0 aliphatic rings. The second kappa shape index (κ2) is 5.92. The summed E-state index contributed by atoms with van der Waals surface area (Å²) in [7, 11) is 0. The van der Waals surface area contributed by atoms with Crippen molar-refractivity contribution in [1.29, 1.82) is 0 Å². The van der Waals surface area contributed by atoms with Gasteiger partial charge in [-0.25, -0.2) is 14.8 Å². The van der Waals surface area contributed by atoms with Gasteiger partial charge >= 0.3 is 5.97 Å². The Morgan fingerprint density at radius 2 is 2.17 bits per heavy atom. The summed E-state index contributed by atoms with van der Waals surface area (Å²) in [6.07, 6.45) is 0. The van der Waals surface area contributed by atoms with Gasteiger partial charge in [-0.2, -0.15) is 0 Å². The second-order valence-corrected chi connectivity index (χ2v) is 5.26. The van der Waals surface area contributed by atoms with Crippen LogP contribution in [0, 0.1) is 6.92 Å². The molecule has 96 valence electrons. The number of thiazole rings is 2. The average molecular weight is 283 g/mol. The van der Waals surface area contributed by atoms with E-state index in [0.29, 0.717) is 18.8 Å². The summed E-state index contributed by atoms with van der Waals surface area (Å²) in [5.74, 6) is -0.387. The van der Waals surface area contributed by atoms with Crippen molar-refractivity contribution in [3.63, 3.8) is 0 Å². The minimum absolute atomic E-state index is 0.351. The first kappa shape index (κ1) is 13.0. The van der Waals surface area contributed by atoms with Crippen molar-refractivity contribution in [3.05, 3.63) is 27.3 Å². The van der Waals surface area contributed by atoms with E-state index in [1.807, 2.05) is 12.4 Å². The number of esters is 1. The maximum atomic E-state index is 11.6. The van der Waals surface area contributed by atoms with Gasteiger partial charge in [0.25, 0.3) is 0 Å². The number of hydrogen-bond donors (Lipinski definition) is 1. The molecule has 2 aromatic rings. The summed E-state index contributed by atoms with van der Waals surface area (Å²) < 4.78 is 4.94. The Kier molecular flexibility index (Phi) is 4.27. The summed E-state index contributed by atoms with van der Waals surface area (Å²) in [5, 5.41) is 3.94. The van der Waals surface area contributed by atoms with Crippen molar-refractivity contribution in [2.24, 2.45) is 0 Å². The number of aromatic nitrogens is 2. The van der Waals surface area contributed by atoms with Crippen LogP contribution in [0.5, 0.6) is 0 Å². The highest BCUT2D eigenvalue weighted by molar-refractivity contribution is 7.14. The zero-order valence-corrected chi connectivity index (χ0v) is 11.7. The van der Waals surface area contributed by atoms with Gasteiger partial charge < -0.3 is 10.1 Å². The fourth-order valence-electron chi connectivity index (χ4n) is 1.37. The van der Waals surface area contributed by atoms with Crippen LogP contribution < -0.4 is 5.32 Å². The number of anilines is 1. The van der Waals surface area contributed by atoms with Crippen LogP contribution >= 0.6 is 22.7 Å². The first-order valence-electron chi connectivity index (χ1n) is 5.45. The van der Waals surface area contributed by atoms with Gasteiger partial charge in [0, 0.05) is 4.88 Å². The van der Waals surface area contributed by atoms with E-state index >= 15 is 0 Å². The Hall–Kier alpha value is -1.47. The molecule has 0 aromatic carbocycles. The summed E-state index contributed by atoms with van der Waals surface area (Å²) in [4.78, 5) is 21.0.